The first-order valence-electron chi connectivity index (χ1n) is 9.17. The number of amides is 2. The molecule has 3 fully saturated rings. The van der Waals surface area contributed by atoms with Crippen molar-refractivity contribution in [2.24, 2.45) is 11.3 Å². The molecule has 0 saturated carbocycles. The van der Waals surface area contributed by atoms with Crippen molar-refractivity contribution in [3.05, 3.63) is 0 Å². The van der Waals surface area contributed by atoms with E-state index in [0.29, 0.717) is 39.4 Å². The Hall–Kier alpha value is -1.14. The van der Waals surface area contributed by atoms with E-state index in [4.69, 9.17) is 9.47 Å². The van der Waals surface area contributed by atoms with Crippen LogP contribution in [0.15, 0.2) is 0 Å². The van der Waals surface area contributed by atoms with Crippen LogP contribution in [-0.4, -0.2) is 66.8 Å². The fraction of sp³-hybridized carbons (Fsp3) is 0.889. The number of nitrogens with zero attached hydrogens (tertiary/aromatic N) is 2. The zero-order valence-electron chi connectivity index (χ0n) is 15.2. The summed E-state index contributed by atoms with van der Waals surface area (Å²) in [6, 6.07) is 0. The first-order valence-corrected chi connectivity index (χ1v) is 9.17. The van der Waals surface area contributed by atoms with Crippen LogP contribution in [0.2, 0.25) is 0 Å². The molecule has 3 rings (SSSR count). The van der Waals surface area contributed by atoms with Crippen molar-refractivity contribution in [1.82, 2.24) is 9.80 Å². The summed E-state index contributed by atoms with van der Waals surface area (Å²) in [4.78, 5) is 29.0. The minimum atomic E-state index is -0.431. The Morgan fingerprint density at radius 2 is 1.46 bits per heavy atom. The largest absolute Gasteiger partial charge is 0.347 e. The summed E-state index contributed by atoms with van der Waals surface area (Å²) >= 11 is 0. The van der Waals surface area contributed by atoms with E-state index in [1.165, 1.54) is 0 Å². The molecule has 0 N–H and O–H groups in total. The van der Waals surface area contributed by atoms with Crippen LogP contribution in [0.5, 0.6) is 0 Å². The highest BCUT2D eigenvalue weighted by molar-refractivity contribution is 5.82. The second kappa shape index (κ2) is 6.64. The number of piperidine rings is 2. The summed E-state index contributed by atoms with van der Waals surface area (Å²) in [5.41, 5.74) is -0.348. The van der Waals surface area contributed by atoms with Gasteiger partial charge in [-0.05, 0) is 12.8 Å². The molecule has 0 bridgehead atoms. The summed E-state index contributed by atoms with van der Waals surface area (Å²) < 4.78 is 11.4. The van der Waals surface area contributed by atoms with Crippen molar-refractivity contribution < 1.29 is 19.1 Å². The molecule has 1 spiro atoms. The minimum absolute atomic E-state index is 0.0495. The van der Waals surface area contributed by atoms with Crippen LogP contribution in [0, 0.1) is 11.3 Å². The van der Waals surface area contributed by atoms with E-state index in [-0.39, 0.29) is 23.1 Å². The van der Waals surface area contributed by atoms with Gasteiger partial charge in [0, 0.05) is 50.4 Å². The summed E-state index contributed by atoms with van der Waals surface area (Å²) in [5, 5.41) is 0. The topological polar surface area (TPSA) is 59.1 Å². The Kier molecular flexibility index (Phi) is 4.89. The molecule has 3 aliphatic rings. The van der Waals surface area contributed by atoms with Crippen molar-refractivity contribution in [1.29, 1.82) is 0 Å². The zero-order chi connectivity index (χ0) is 17.4. The molecule has 6 nitrogen and oxygen atoms in total. The molecule has 3 heterocycles. The van der Waals surface area contributed by atoms with E-state index in [0.717, 1.165) is 25.7 Å². The maximum Gasteiger partial charge on any atom is 0.227 e. The quantitative estimate of drug-likeness (QED) is 0.729. The van der Waals surface area contributed by atoms with Gasteiger partial charge < -0.3 is 19.3 Å². The van der Waals surface area contributed by atoms with Crippen LogP contribution in [0.4, 0.5) is 0 Å². The Balaban J connectivity index is 1.48. The van der Waals surface area contributed by atoms with Crippen LogP contribution in [0.1, 0.15) is 46.5 Å². The predicted octanol–water partition coefficient (Wildman–Crippen LogP) is 1.64. The second-order valence-electron chi connectivity index (χ2n) is 8.25. The highest BCUT2D eigenvalue weighted by Gasteiger charge is 2.42. The SMILES string of the molecule is CC(C)(C)C(=O)N1CCC(C(=O)N2CCC3(CC2)OCCO3)CC1. The lowest BCUT2D eigenvalue weighted by Gasteiger charge is -2.40. The molecule has 0 aromatic heterocycles. The standard InChI is InChI=1S/C18H30N2O4/c1-17(2,3)16(22)20-8-4-14(5-9-20)15(21)19-10-6-18(7-11-19)23-12-13-24-18/h14H,4-13H2,1-3H3. The van der Waals surface area contributed by atoms with Gasteiger partial charge in [-0.3, -0.25) is 9.59 Å². The van der Waals surface area contributed by atoms with Crippen molar-refractivity contribution in [3.8, 4) is 0 Å². The Morgan fingerprint density at radius 1 is 0.917 bits per heavy atom. The zero-order valence-corrected chi connectivity index (χ0v) is 15.2. The third-order valence-electron chi connectivity index (χ3n) is 5.42. The van der Waals surface area contributed by atoms with Gasteiger partial charge in [0.1, 0.15) is 0 Å². The molecule has 24 heavy (non-hydrogen) atoms. The highest BCUT2D eigenvalue weighted by Crippen LogP contribution is 2.32. The van der Waals surface area contributed by atoms with Crippen molar-refractivity contribution in [2.45, 2.75) is 52.2 Å². The molecule has 0 aliphatic carbocycles. The number of rotatable bonds is 1. The van der Waals surface area contributed by atoms with Gasteiger partial charge in [-0.25, -0.2) is 0 Å². The van der Waals surface area contributed by atoms with Gasteiger partial charge in [0.05, 0.1) is 13.2 Å². The van der Waals surface area contributed by atoms with Gasteiger partial charge >= 0.3 is 0 Å². The Labute approximate surface area is 144 Å². The van der Waals surface area contributed by atoms with E-state index >= 15 is 0 Å². The van der Waals surface area contributed by atoms with Crippen molar-refractivity contribution in [2.75, 3.05) is 39.4 Å². The number of likely N-dealkylation sites (tertiary alicyclic amines) is 2. The lowest BCUT2D eigenvalue weighted by Crippen LogP contribution is -2.51. The summed E-state index contributed by atoms with van der Waals surface area (Å²) in [6.07, 6.45) is 3.07. The molecule has 3 aliphatic heterocycles. The summed E-state index contributed by atoms with van der Waals surface area (Å²) in [7, 11) is 0. The van der Waals surface area contributed by atoms with Gasteiger partial charge in [-0.1, -0.05) is 20.8 Å². The van der Waals surface area contributed by atoms with Gasteiger partial charge in [0.25, 0.3) is 0 Å². The molecule has 136 valence electrons. The van der Waals surface area contributed by atoms with Crippen LogP contribution in [0.3, 0.4) is 0 Å². The fourth-order valence-electron chi connectivity index (χ4n) is 3.92. The highest BCUT2D eigenvalue weighted by atomic mass is 16.7. The summed E-state index contributed by atoms with van der Waals surface area (Å²) in [5.74, 6) is 0.0438. The van der Waals surface area contributed by atoms with Gasteiger partial charge in [0.2, 0.25) is 11.8 Å². The van der Waals surface area contributed by atoms with Gasteiger partial charge in [-0.2, -0.15) is 0 Å². The van der Waals surface area contributed by atoms with Crippen LogP contribution < -0.4 is 0 Å². The Bertz CT molecular complexity index is 476. The molecule has 0 unspecified atom stereocenters. The molecule has 0 aromatic carbocycles. The molecule has 3 saturated heterocycles. The first kappa shape index (κ1) is 17.7. The maximum absolute atomic E-state index is 12.8. The molecule has 0 atom stereocenters. The van der Waals surface area contributed by atoms with Crippen LogP contribution in [-0.2, 0) is 19.1 Å². The van der Waals surface area contributed by atoms with E-state index in [2.05, 4.69) is 0 Å². The lowest BCUT2D eigenvalue weighted by atomic mass is 9.90. The van der Waals surface area contributed by atoms with E-state index < -0.39 is 5.79 Å². The number of carbonyl (C=O) groups excluding carboxylic acids is 2. The average molecular weight is 338 g/mol. The minimum Gasteiger partial charge on any atom is -0.347 e. The third kappa shape index (κ3) is 3.59. The monoisotopic (exact) mass is 338 g/mol. The van der Waals surface area contributed by atoms with Gasteiger partial charge in [-0.15, -0.1) is 0 Å². The fourth-order valence-corrected chi connectivity index (χ4v) is 3.92. The van der Waals surface area contributed by atoms with Gasteiger partial charge in [0.15, 0.2) is 5.79 Å². The van der Waals surface area contributed by atoms with E-state index in [9.17, 15) is 9.59 Å². The molecular formula is C18H30N2O4. The smallest absolute Gasteiger partial charge is 0.227 e. The van der Waals surface area contributed by atoms with Crippen molar-refractivity contribution >= 4 is 11.8 Å². The predicted molar refractivity (Wildman–Crippen MR) is 89.2 cm³/mol. The Morgan fingerprint density at radius 3 is 1.96 bits per heavy atom. The number of hydrogen-bond donors (Lipinski definition) is 0. The molecular weight excluding hydrogens is 308 g/mol. The third-order valence-corrected chi connectivity index (χ3v) is 5.42. The molecule has 2 amide bonds. The maximum atomic E-state index is 12.8. The normalized spacial score (nSPS) is 25.3. The van der Waals surface area contributed by atoms with Crippen molar-refractivity contribution in [3.63, 3.8) is 0 Å². The van der Waals surface area contributed by atoms with E-state index in [1.807, 2.05) is 30.6 Å². The molecule has 6 heteroatoms. The second-order valence-corrected chi connectivity index (χ2v) is 8.25. The van der Waals surface area contributed by atoms with E-state index in [1.54, 1.807) is 0 Å². The lowest BCUT2D eigenvalue weighted by molar-refractivity contribution is -0.188. The number of hydrogen-bond acceptors (Lipinski definition) is 4. The summed E-state index contributed by atoms with van der Waals surface area (Å²) in [6.45, 7) is 9.96. The first-order chi connectivity index (χ1) is 11.3. The number of carbonyl (C=O) groups is 2. The molecule has 0 aromatic rings. The average Bonchev–Trinajstić information content (AvgIpc) is 3.02. The van der Waals surface area contributed by atoms with Crippen LogP contribution in [0.25, 0.3) is 0 Å². The van der Waals surface area contributed by atoms with Crippen LogP contribution >= 0.6 is 0 Å². The number of ether oxygens (including phenoxy) is 2. The molecule has 0 radical (unpaired) electrons.